The Morgan fingerprint density at radius 1 is 1.28 bits per heavy atom. The van der Waals surface area contributed by atoms with E-state index >= 15 is 0 Å². The number of hydrogen-bond acceptors (Lipinski definition) is 5. The molecule has 1 aromatic carbocycles. The smallest absolute Gasteiger partial charge is 0.265 e. The average molecular weight is 401 g/mol. The second-order valence-corrected chi connectivity index (χ2v) is 8.78. The van der Waals surface area contributed by atoms with Crippen molar-refractivity contribution in [2.24, 2.45) is 0 Å². The van der Waals surface area contributed by atoms with Gasteiger partial charge in [0.2, 0.25) is 10.0 Å². The molecule has 0 saturated carbocycles. The largest absolute Gasteiger partial charge is 0.379 e. The minimum Gasteiger partial charge on any atom is -0.379 e. The van der Waals surface area contributed by atoms with Crippen LogP contribution < -0.4 is 5.32 Å². The summed E-state index contributed by atoms with van der Waals surface area (Å²) in [4.78, 5) is 12.9. The van der Waals surface area contributed by atoms with Crippen molar-refractivity contribution in [3.05, 3.63) is 45.1 Å². The Hall–Kier alpha value is -1.45. The van der Waals surface area contributed by atoms with Crippen LogP contribution in [0.2, 0.25) is 5.02 Å². The van der Waals surface area contributed by atoms with Gasteiger partial charge in [-0.25, -0.2) is 8.42 Å². The molecule has 2 aromatic rings. The number of carbonyl (C=O) groups is 1. The fourth-order valence-corrected chi connectivity index (χ4v) is 5.23. The number of nitrogens with one attached hydrogen (secondary N) is 1. The number of nitrogens with zero attached hydrogens (tertiary/aromatic N) is 1. The fourth-order valence-electron chi connectivity index (χ4n) is 2.50. The first-order valence-electron chi connectivity index (χ1n) is 7.62. The molecule has 1 saturated heterocycles. The topological polar surface area (TPSA) is 75.7 Å². The van der Waals surface area contributed by atoms with Crippen molar-refractivity contribution < 1.29 is 17.9 Å². The van der Waals surface area contributed by atoms with Crippen molar-refractivity contribution in [3.63, 3.8) is 0 Å². The Morgan fingerprint density at radius 2 is 2.00 bits per heavy atom. The van der Waals surface area contributed by atoms with E-state index in [0.717, 1.165) is 5.56 Å². The first kappa shape index (κ1) is 18.3. The van der Waals surface area contributed by atoms with Crippen LogP contribution in [-0.2, 0) is 14.8 Å². The lowest BCUT2D eigenvalue weighted by Crippen LogP contribution is -2.40. The third-order valence-electron chi connectivity index (χ3n) is 3.85. The molecule has 1 amide bonds. The first-order valence-corrected chi connectivity index (χ1v) is 10.3. The minimum atomic E-state index is -3.74. The summed E-state index contributed by atoms with van der Waals surface area (Å²) in [6, 6.07) is 6.32. The number of rotatable bonds is 4. The van der Waals surface area contributed by atoms with E-state index in [1.165, 1.54) is 27.8 Å². The Morgan fingerprint density at radius 3 is 2.64 bits per heavy atom. The molecule has 0 radical (unpaired) electrons. The van der Waals surface area contributed by atoms with Crippen molar-refractivity contribution in [3.8, 4) is 0 Å². The van der Waals surface area contributed by atoms with Gasteiger partial charge in [-0.15, -0.1) is 11.3 Å². The first-order chi connectivity index (χ1) is 11.9. The van der Waals surface area contributed by atoms with Crippen molar-refractivity contribution in [1.82, 2.24) is 4.31 Å². The van der Waals surface area contributed by atoms with Gasteiger partial charge in [-0.05, 0) is 42.1 Å². The normalized spacial score (nSPS) is 15.9. The number of sulfonamides is 1. The summed E-state index contributed by atoms with van der Waals surface area (Å²) in [5.74, 6) is -0.274. The van der Waals surface area contributed by atoms with E-state index in [1.54, 1.807) is 6.07 Å². The van der Waals surface area contributed by atoms with Gasteiger partial charge in [-0.3, -0.25) is 4.79 Å². The molecule has 1 aliphatic rings. The Bertz CT molecular complexity index is 889. The Kier molecular flexibility index (Phi) is 5.45. The molecule has 0 spiro atoms. The number of benzene rings is 1. The summed E-state index contributed by atoms with van der Waals surface area (Å²) in [6.45, 7) is 3.12. The van der Waals surface area contributed by atoms with E-state index in [4.69, 9.17) is 16.3 Å². The zero-order chi connectivity index (χ0) is 18.0. The molecule has 9 heteroatoms. The maximum absolute atomic E-state index is 12.8. The van der Waals surface area contributed by atoms with Crippen molar-refractivity contribution >= 4 is 44.6 Å². The van der Waals surface area contributed by atoms with Crippen LogP contribution in [0.3, 0.4) is 0 Å². The predicted molar refractivity (Wildman–Crippen MR) is 98.0 cm³/mol. The van der Waals surface area contributed by atoms with Crippen LogP contribution in [0, 0.1) is 6.92 Å². The summed E-state index contributed by atoms with van der Waals surface area (Å²) >= 11 is 7.45. The van der Waals surface area contributed by atoms with Gasteiger partial charge in [0, 0.05) is 18.8 Å². The lowest BCUT2D eigenvalue weighted by molar-refractivity contribution is 0.0730. The highest BCUT2D eigenvalue weighted by atomic mass is 35.5. The molecule has 0 aliphatic carbocycles. The van der Waals surface area contributed by atoms with Crippen LogP contribution in [-0.4, -0.2) is 44.9 Å². The Balaban J connectivity index is 1.88. The number of morpholine rings is 1. The second kappa shape index (κ2) is 7.43. The molecular formula is C16H17ClN2O4S2. The quantitative estimate of drug-likeness (QED) is 0.856. The summed E-state index contributed by atoms with van der Waals surface area (Å²) < 4.78 is 32.1. The van der Waals surface area contributed by atoms with Crippen LogP contribution in [0.5, 0.6) is 0 Å². The number of amides is 1. The molecule has 25 heavy (non-hydrogen) atoms. The van der Waals surface area contributed by atoms with Crippen molar-refractivity contribution in [2.45, 2.75) is 11.8 Å². The third kappa shape index (κ3) is 3.88. The highest BCUT2D eigenvalue weighted by Gasteiger charge is 2.28. The monoisotopic (exact) mass is 400 g/mol. The SMILES string of the molecule is Cc1ccsc1C(=O)Nc1ccc(Cl)c(S(=O)(=O)N2CCOCC2)c1. The minimum absolute atomic E-state index is 0.0169. The Labute approximate surface area is 155 Å². The molecular weight excluding hydrogens is 384 g/mol. The molecule has 1 fully saturated rings. The van der Waals surface area contributed by atoms with E-state index < -0.39 is 10.0 Å². The van der Waals surface area contributed by atoms with Gasteiger partial charge < -0.3 is 10.1 Å². The maximum atomic E-state index is 12.8. The van der Waals surface area contributed by atoms with Gasteiger partial charge in [-0.1, -0.05) is 11.6 Å². The summed E-state index contributed by atoms with van der Waals surface area (Å²) in [7, 11) is -3.74. The van der Waals surface area contributed by atoms with Crippen LogP contribution in [0.25, 0.3) is 0 Å². The highest BCUT2D eigenvalue weighted by Crippen LogP contribution is 2.29. The van der Waals surface area contributed by atoms with Gasteiger partial charge in [-0.2, -0.15) is 4.31 Å². The van der Waals surface area contributed by atoms with Gasteiger partial charge >= 0.3 is 0 Å². The zero-order valence-electron chi connectivity index (χ0n) is 13.5. The molecule has 1 aromatic heterocycles. The summed E-state index contributed by atoms with van der Waals surface area (Å²) in [5, 5.41) is 4.69. The van der Waals surface area contributed by atoms with Crippen LogP contribution in [0.4, 0.5) is 5.69 Å². The molecule has 1 aliphatic heterocycles. The van der Waals surface area contributed by atoms with E-state index in [9.17, 15) is 13.2 Å². The number of ether oxygens (including phenoxy) is 1. The lowest BCUT2D eigenvalue weighted by atomic mass is 10.2. The highest BCUT2D eigenvalue weighted by molar-refractivity contribution is 7.89. The van der Waals surface area contributed by atoms with E-state index in [1.807, 2.05) is 18.4 Å². The molecule has 0 bridgehead atoms. The number of hydrogen-bond donors (Lipinski definition) is 1. The number of thiophene rings is 1. The van der Waals surface area contributed by atoms with Crippen LogP contribution in [0.15, 0.2) is 34.5 Å². The van der Waals surface area contributed by atoms with Crippen molar-refractivity contribution in [1.29, 1.82) is 0 Å². The number of anilines is 1. The van der Waals surface area contributed by atoms with Gasteiger partial charge in [0.05, 0.1) is 23.1 Å². The number of halogens is 1. The van der Waals surface area contributed by atoms with Gasteiger partial charge in [0.25, 0.3) is 5.91 Å². The van der Waals surface area contributed by atoms with E-state index in [0.29, 0.717) is 23.8 Å². The predicted octanol–water partition coefficient (Wildman–Crippen LogP) is 2.98. The molecule has 2 heterocycles. The summed E-state index contributed by atoms with van der Waals surface area (Å²) in [6.07, 6.45) is 0. The van der Waals surface area contributed by atoms with E-state index in [2.05, 4.69) is 5.32 Å². The van der Waals surface area contributed by atoms with E-state index in [-0.39, 0.29) is 28.9 Å². The van der Waals surface area contributed by atoms with Crippen LogP contribution in [0.1, 0.15) is 15.2 Å². The lowest BCUT2D eigenvalue weighted by Gasteiger charge is -2.26. The number of carbonyl (C=O) groups excluding carboxylic acids is 1. The molecule has 3 rings (SSSR count). The maximum Gasteiger partial charge on any atom is 0.265 e. The third-order valence-corrected chi connectivity index (χ3v) is 7.24. The van der Waals surface area contributed by atoms with Crippen LogP contribution >= 0.6 is 22.9 Å². The summed E-state index contributed by atoms with van der Waals surface area (Å²) in [5.41, 5.74) is 1.26. The van der Waals surface area contributed by atoms with Crippen molar-refractivity contribution in [2.75, 3.05) is 31.6 Å². The van der Waals surface area contributed by atoms with Gasteiger partial charge in [0.15, 0.2) is 0 Å². The fraction of sp³-hybridized carbons (Fsp3) is 0.312. The molecule has 0 unspecified atom stereocenters. The molecule has 0 atom stereocenters. The zero-order valence-corrected chi connectivity index (χ0v) is 15.9. The molecule has 6 nitrogen and oxygen atoms in total. The second-order valence-electron chi connectivity index (χ2n) is 5.55. The van der Waals surface area contributed by atoms with Gasteiger partial charge in [0.1, 0.15) is 4.90 Å². The number of aryl methyl sites for hydroxylation is 1. The molecule has 134 valence electrons. The standard InChI is InChI=1S/C16H17ClN2O4S2/c1-11-4-9-24-15(11)16(20)18-12-2-3-13(17)14(10-12)25(21,22)19-5-7-23-8-6-19/h2-4,9-10H,5-8H2,1H3,(H,18,20). The molecule has 1 N–H and O–H groups in total. The average Bonchev–Trinajstić information content (AvgIpc) is 3.03.